The van der Waals surface area contributed by atoms with Crippen LogP contribution in [0.3, 0.4) is 0 Å². The zero-order chi connectivity index (χ0) is 11.6. The molecule has 0 bridgehead atoms. The molecular weight excluding hydrogens is 202 g/mol. The van der Waals surface area contributed by atoms with Crippen molar-refractivity contribution in [3.05, 3.63) is 24.2 Å². The third kappa shape index (κ3) is 2.86. The van der Waals surface area contributed by atoms with E-state index in [1.807, 2.05) is 12.1 Å². The Labute approximate surface area is 97.2 Å². The van der Waals surface area contributed by atoms with E-state index in [0.29, 0.717) is 6.10 Å². The van der Waals surface area contributed by atoms with Gasteiger partial charge >= 0.3 is 0 Å². The lowest BCUT2D eigenvalue weighted by Gasteiger charge is -2.20. The summed E-state index contributed by atoms with van der Waals surface area (Å²) < 4.78 is 11.3. The van der Waals surface area contributed by atoms with Gasteiger partial charge in [-0.15, -0.1) is 0 Å². The summed E-state index contributed by atoms with van der Waals surface area (Å²) in [6.07, 6.45) is 4.34. The van der Waals surface area contributed by atoms with Crippen molar-refractivity contribution in [1.82, 2.24) is 5.32 Å². The summed E-state index contributed by atoms with van der Waals surface area (Å²) in [5, 5.41) is 3.45. The molecular formula is C13H21NO2. The molecule has 90 valence electrons. The zero-order valence-electron chi connectivity index (χ0n) is 10.3. The van der Waals surface area contributed by atoms with Crippen LogP contribution in [0, 0.1) is 0 Å². The molecule has 1 aromatic heterocycles. The fourth-order valence-electron chi connectivity index (χ4n) is 2.17. The maximum atomic E-state index is 5.92. The van der Waals surface area contributed by atoms with Gasteiger partial charge in [-0.1, -0.05) is 0 Å². The van der Waals surface area contributed by atoms with Crippen LogP contribution in [0.2, 0.25) is 0 Å². The van der Waals surface area contributed by atoms with Gasteiger partial charge in [0.15, 0.2) is 0 Å². The molecule has 0 saturated carbocycles. The van der Waals surface area contributed by atoms with Gasteiger partial charge in [-0.05, 0) is 45.7 Å². The molecule has 1 aromatic rings. The standard InChI is InChI=1S/C13H21NO2/c1-10(12-5-4-8-15-12)14-9-11-6-7-13(2,3)16-11/h4-5,8,10-11,14H,6-7,9H2,1-3H3/t10-,11?/m1/s1. The molecule has 16 heavy (non-hydrogen) atoms. The quantitative estimate of drug-likeness (QED) is 0.852. The van der Waals surface area contributed by atoms with E-state index in [4.69, 9.17) is 9.15 Å². The van der Waals surface area contributed by atoms with Crippen molar-refractivity contribution in [1.29, 1.82) is 0 Å². The predicted molar refractivity (Wildman–Crippen MR) is 63.3 cm³/mol. The summed E-state index contributed by atoms with van der Waals surface area (Å²) in [5.74, 6) is 0.984. The predicted octanol–water partition coefficient (Wildman–Crippen LogP) is 2.89. The van der Waals surface area contributed by atoms with E-state index >= 15 is 0 Å². The normalized spacial score (nSPS) is 25.8. The summed E-state index contributed by atoms with van der Waals surface area (Å²) in [6.45, 7) is 7.32. The first-order chi connectivity index (χ1) is 7.57. The lowest BCUT2D eigenvalue weighted by Crippen LogP contribution is -2.30. The minimum Gasteiger partial charge on any atom is -0.468 e. The third-order valence-corrected chi connectivity index (χ3v) is 3.18. The fraction of sp³-hybridized carbons (Fsp3) is 0.692. The molecule has 1 fully saturated rings. The van der Waals surface area contributed by atoms with Crippen LogP contribution in [-0.4, -0.2) is 18.2 Å². The molecule has 0 radical (unpaired) electrons. The Balaban J connectivity index is 1.76. The Morgan fingerprint density at radius 3 is 2.94 bits per heavy atom. The van der Waals surface area contributed by atoms with E-state index in [-0.39, 0.29) is 11.6 Å². The van der Waals surface area contributed by atoms with E-state index in [1.165, 1.54) is 0 Å². The molecule has 1 N–H and O–H groups in total. The average Bonchev–Trinajstić information content (AvgIpc) is 2.83. The molecule has 0 aromatic carbocycles. The van der Waals surface area contributed by atoms with Gasteiger partial charge in [-0.3, -0.25) is 0 Å². The van der Waals surface area contributed by atoms with Crippen LogP contribution in [-0.2, 0) is 4.74 Å². The van der Waals surface area contributed by atoms with Crippen LogP contribution < -0.4 is 5.32 Å². The van der Waals surface area contributed by atoms with Crippen LogP contribution >= 0.6 is 0 Å². The summed E-state index contributed by atoms with van der Waals surface area (Å²) >= 11 is 0. The van der Waals surface area contributed by atoms with Crippen molar-refractivity contribution in [2.45, 2.75) is 51.4 Å². The van der Waals surface area contributed by atoms with E-state index in [0.717, 1.165) is 25.1 Å². The van der Waals surface area contributed by atoms with Crippen LogP contribution in [0.4, 0.5) is 0 Å². The van der Waals surface area contributed by atoms with Crippen molar-refractivity contribution in [2.24, 2.45) is 0 Å². The Morgan fingerprint density at radius 1 is 1.56 bits per heavy atom. The third-order valence-electron chi connectivity index (χ3n) is 3.18. The summed E-state index contributed by atoms with van der Waals surface area (Å²) in [6, 6.07) is 4.17. The Hall–Kier alpha value is -0.800. The lowest BCUT2D eigenvalue weighted by atomic mass is 10.1. The van der Waals surface area contributed by atoms with E-state index < -0.39 is 0 Å². The minimum atomic E-state index is 0.0558. The molecule has 1 saturated heterocycles. The highest BCUT2D eigenvalue weighted by Gasteiger charge is 2.31. The number of rotatable bonds is 4. The molecule has 2 atom stereocenters. The SMILES string of the molecule is C[C@@H](NCC1CCC(C)(C)O1)c1ccco1. The summed E-state index contributed by atoms with van der Waals surface area (Å²) in [5.41, 5.74) is 0.0558. The second-order valence-corrected chi connectivity index (χ2v) is 5.18. The molecule has 0 aliphatic carbocycles. The maximum Gasteiger partial charge on any atom is 0.120 e. The highest BCUT2D eigenvalue weighted by Crippen LogP contribution is 2.29. The maximum absolute atomic E-state index is 5.92. The lowest BCUT2D eigenvalue weighted by molar-refractivity contribution is -0.0151. The summed E-state index contributed by atoms with van der Waals surface area (Å²) in [7, 11) is 0. The molecule has 2 rings (SSSR count). The summed E-state index contributed by atoms with van der Waals surface area (Å²) in [4.78, 5) is 0. The monoisotopic (exact) mass is 223 g/mol. The van der Waals surface area contributed by atoms with Gasteiger partial charge in [0.1, 0.15) is 5.76 Å². The molecule has 3 heteroatoms. The van der Waals surface area contributed by atoms with Crippen molar-refractivity contribution in [3.8, 4) is 0 Å². The second-order valence-electron chi connectivity index (χ2n) is 5.18. The van der Waals surface area contributed by atoms with E-state index in [2.05, 4.69) is 26.1 Å². The molecule has 1 aliphatic heterocycles. The highest BCUT2D eigenvalue weighted by atomic mass is 16.5. The first-order valence-electron chi connectivity index (χ1n) is 6.01. The van der Waals surface area contributed by atoms with E-state index in [1.54, 1.807) is 6.26 Å². The van der Waals surface area contributed by atoms with Gasteiger partial charge in [-0.25, -0.2) is 0 Å². The van der Waals surface area contributed by atoms with Crippen LogP contribution in [0.5, 0.6) is 0 Å². The minimum absolute atomic E-state index is 0.0558. The van der Waals surface area contributed by atoms with Gasteiger partial charge in [0, 0.05) is 6.54 Å². The molecule has 2 heterocycles. The number of hydrogen-bond acceptors (Lipinski definition) is 3. The highest BCUT2D eigenvalue weighted by molar-refractivity contribution is 5.03. The van der Waals surface area contributed by atoms with E-state index in [9.17, 15) is 0 Å². The fourth-order valence-corrected chi connectivity index (χ4v) is 2.17. The number of ether oxygens (including phenoxy) is 1. The largest absolute Gasteiger partial charge is 0.468 e. The average molecular weight is 223 g/mol. The van der Waals surface area contributed by atoms with Gasteiger partial charge in [0.25, 0.3) is 0 Å². The molecule has 0 spiro atoms. The Bertz CT molecular complexity index is 319. The number of nitrogens with one attached hydrogen (secondary N) is 1. The van der Waals surface area contributed by atoms with Crippen LogP contribution in [0.1, 0.15) is 45.4 Å². The van der Waals surface area contributed by atoms with Gasteiger partial charge in [0.2, 0.25) is 0 Å². The first-order valence-corrected chi connectivity index (χ1v) is 6.01. The van der Waals surface area contributed by atoms with Crippen molar-refractivity contribution < 1.29 is 9.15 Å². The van der Waals surface area contributed by atoms with Gasteiger partial charge in [0.05, 0.1) is 24.0 Å². The molecule has 3 nitrogen and oxygen atoms in total. The van der Waals surface area contributed by atoms with Crippen molar-refractivity contribution in [3.63, 3.8) is 0 Å². The number of furan rings is 1. The molecule has 1 aliphatic rings. The molecule has 1 unspecified atom stereocenters. The Morgan fingerprint density at radius 2 is 2.38 bits per heavy atom. The van der Waals surface area contributed by atoms with Crippen LogP contribution in [0.15, 0.2) is 22.8 Å². The first kappa shape index (κ1) is 11.7. The van der Waals surface area contributed by atoms with Gasteiger partial charge in [-0.2, -0.15) is 0 Å². The molecule has 0 amide bonds. The topological polar surface area (TPSA) is 34.4 Å². The Kier molecular flexibility index (Phi) is 3.36. The van der Waals surface area contributed by atoms with Crippen molar-refractivity contribution >= 4 is 0 Å². The smallest absolute Gasteiger partial charge is 0.120 e. The van der Waals surface area contributed by atoms with Crippen molar-refractivity contribution in [2.75, 3.05) is 6.54 Å². The zero-order valence-corrected chi connectivity index (χ0v) is 10.3. The number of hydrogen-bond donors (Lipinski definition) is 1. The second kappa shape index (κ2) is 4.60. The van der Waals surface area contributed by atoms with Crippen LogP contribution in [0.25, 0.3) is 0 Å². The van der Waals surface area contributed by atoms with Gasteiger partial charge < -0.3 is 14.5 Å².